The monoisotopic (exact) mass is 375 g/mol. The third-order valence-corrected chi connectivity index (χ3v) is 5.03. The van der Waals surface area contributed by atoms with Crippen LogP contribution >= 0.6 is 0 Å². The fraction of sp³-hybridized carbons (Fsp3) is 0.208. The van der Waals surface area contributed by atoms with Crippen LogP contribution in [0.15, 0.2) is 96.0 Å². The first-order valence-corrected chi connectivity index (χ1v) is 9.41. The molecule has 1 aliphatic heterocycles. The molecule has 0 unspecified atom stereocenters. The van der Waals surface area contributed by atoms with Gasteiger partial charge >= 0.3 is 0 Å². The van der Waals surface area contributed by atoms with E-state index in [4.69, 9.17) is 4.99 Å². The minimum absolute atomic E-state index is 0.00284. The van der Waals surface area contributed by atoms with Crippen molar-refractivity contribution >= 4 is 5.96 Å². The molecule has 2 aromatic rings. The number of allylic oxidation sites excluding steroid dienone is 3. The van der Waals surface area contributed by atoms with Gasteiger partial charge in [-0.3, -0.25) is 0 Å². The molecule has 2 atom stereocenters. The van der Waals surface area contributed by atoms with Gasteiger partial charge in [-0.2, -0.15) is 0 Å². The zero-order valence-corrected chi connectivity index (χ0v) is 16.3. The van der Waals surface area contributed by atoms with Gasteiger partial charge in [-0.25, -0.2) is 9.38 Å². The van der Waals surface area contributed by atoms with E-state index in [1.165, 1.54) is 17.7 Å². The summed E-state index contributed by atoms with van der Waals surface area (Å²) >= 11 is 0. The Morgan fingerprint density at radius 1 is 1.18 bits per heavy atom. The SMILES string of the molecule is C=C/C=C\C(=C/C)[C@H]1NC(=NCc2ccc(F)cc2)N[C@@]1(C)c1ccccc1. The van der Waals surface area contributed by atoms with Crippen LogP contribution in [0.4, 0.5) is 4.39 Å². The number of aliphatic imine (C=N–C) groups is 1. The number of nitrogens with zero attached hydrogens (tertiary/aromatic N) is 1. The Balaban J connectivity index is 1.92. The molecule has 2 aromatic carbocycles. The van der Waals surface area contributed by atoms with E-state index in [0.717, 1.165) is 17.1 Å². The van der Waals surface area contributed by atoms with Crippen molar-refractivity contribution in [3.05, 3.63) is 108 Å². The van der Waals surface area contributed by atoms with Crippen LogP contribution in [0.1, 0.15) is 25.0 Å². The fourth-order valence-electron chi connectivity index (χ4n) is 3.46. The van der Waals surface area contributed by atoms with Crippen LogP contribution in [-0.4, -0.2) is 12.0 Å². The molecule has 0 bridgehead atoms. The van der Waals surface area contributed by atoms with Crippen LogP contribution in [0, 0.1) is 5.82 Å². The largest absolute Gasteiger partial charge is 0.347 e. The molecule has 0 saturated carbocycles. The van der Waals surface area contributed by atoms with Crippen LogP contribution in [0.2, 0.25) is 0 Å². The summed E-state index contributed by atoms with van der Waals surface area (Å²) in [5.74, 6) is 0.490. The van der Waals surface area contributed by atoms with E-state index in [0.29, 0.717) is 6.54 Å². The summed E-state index contributed by atoms with van der Waals surface area (Å²) in [6.45, 7) is 8.45. The number of halogens is 1. The van der Waals surface area contributed by atoms with Crippen LogP contribution in [0.5, 0.6) is 0 Å². The molecule has 2 N–H and O–H groups in total. The number of nitrogens with one attached hydrogen (secondary N) is 2. The maximum Gasteiger partial charge on any atom is 0.192 e. The van der Waals surface area contributed by atoms with Gasteiger partial charge in [0.25, 0.3) is 0 Å². The van der Waals surface area contributed by atoms with Crippen LogP contribution in [0.25, 0.3) is 0 Å². The highest BCUT2D eigenvalue weighted by Gasteiger charge is 2.43. The average molecular weight is 375 g/mol. The van der Waals surface area contributed by atoms with E-state index in [1.54, 1.807) is 18.2 Å². The van der Waals surface area contributed by atoms with Gasteiger partial charge in [-0.15, -0.1) is 0 Å². The van der Waals surface area contributed by atoms with Gasteiger partial charge in [0, 0.05) is 0 Å². The summed E-state index contributed by atoms with van der Waals surface area (Å²) in [5.41, 5.74) is 2.91. The lowest BCUT2D eigenvalue weighted by atomic mass is 9.82. The molecule has 1 aliphatic rings. The molecule has 144 valence electrons. The van der Waals surface area contributed by atoms with E-state index >= 15 is 0 Å². The van der Waals surface area contributed by atoms with Gasteiger partial charge in [-0.05, 0) is 42.7 Å². The molecule has 0 aromatic heterocycles. The maximum atomic E-state index is 13.1. The van der Waals surface area contributed by atoms with Crippen molar-refractivity contribution in [1.82, 2.24) is 10.6 Å². The third kappa shape index (κ3) is 4.22. The molecular formula is C24H26FN3. The average Bonchev–Trinajstić information content (AvgIpc) is 3.07. The van der Waals surface area contributed by atoms with Crippen LogP contribution in [-0.2, 0) is 12.1 Å². The quantitative estimate of drug-likeness (QED) is 0.709. The third-order valence-electron chi connectivity index (χ3n) is 5.03. The maximum absolute atomic E-state index is 13.1. The van der Waals surface area contributed by atoms with Crippen molar-refractivity contribution in [3.63, 3.8) is 0 Å². The predicted octanol–water partition coefficient (Wildman–Crippen LogP) is 4.85. The molecule has 3 nitrogen and oxygen atoms in total. The molecule has 0 radical (unpaired) electrons. The zero-order chi connectivity index (χ0) is 20.0. The minimum atomic E-state index is -0.365. The van der Waals surface area contributed by atoms with Gasteiger partial charge in [0.2, 0.25) is 0 Å². The molecular weight excluding hydrogens is 349 g/mol. The second kappa shape index (κ2) is 8.70. The Labute approximate surface area is 166 Å². The second-order valence-electron chi connectivity index (χ2n) is 6.95. The summed E-state index contributed by atoms with van der Waals surface area (Å²) in [7, 11) is 0. The first kappa shape index (κ1) is 19.6. The first-order valence-electron chi connectivity index (χ1n) is 9.41. The Hall–Kier alpha value is -3.14. The lowest BCUT2D eigenvalue weighted by Crippen LogP contribution is -2.44. The van der Waals surface area contributed by atoms with Crippen molar-refractivity contribution in [2.75, 3.05) is 0 Å². The van der Waals surface area contributed by atoms with Gasteiger partial charge in [0.15, 0.2) is 5.96 Å². The smallest absolute Gasteiger partial charge is 0.192 e. The highest BCUT2D eigenvalue weighted by molar-refractivity contribution is 5.85. The van der Waals surface area contributed by atoms with Crippen LogP contribution < -0.4 is 10.6 Å². The molecule has 1 heterocycles. The lowest BCUT2D eigenvalue weighted by Gasteiger charge is -2.32. The number of rotatable bonds is 6. The fourth-order valence-corrected chi connectivity index (χ4v) is 3.46. The first-order chi connectivity index (χ1) is 13.6. The molecule has 3 rings (SSSR count). The van der Waals surface area contributed by atoms with Crippen molar-refractivity contribution in [2.24, 2.45) is 4.99 Å². The van der Waals surface area contributed by atoms with Gasteiger partial charge in [0.1, 0.15) is 5.82 Å². The van der Waals surface area contributed by atoms with E-state index in [-0.39, 0.29) is 17.4 Å². The second-order valence-corrected chi connectivity index (χ2v) is 6.95. The Morgan fingerprint density at radius 2 is 1.89 bits per heavy atom. The molecule has 1 fully saturated rings. The van der Waals surface area contributed by atoms with Crippen molar-refractivity contribution in [3.8, 4) is 0 Å². The van der Waals surface area contributed by atoms with E-state index in [9.17, 15) is 4.39 Å². The summed E-state index contributed by atoms with van der Waals surface area (Å²) in [6.07, 6.45) is 7.88. The van der Waals surface area contributed by atoms with Crippen LogP contribution in [0.3, 0.4) is 0 Å². The zero-order valence-electron chi connectivity index (χ0n) is 16.3. The Bertz CT molecular complexity index is 897. The normalized spacial score (nSPS) is 23.6. The Kier molecular flexibility index (Phi) is 6.09. The van der Waals surface area contributed by atoms with E-state index < -0.39 is 0 Å². The summed E-state index contributed by atoms with van der Waals surface area (Å²) in [6, 6.07) is 16.8. The highest BCUT2D eigenvalue weighted by Crippen LogP contribution is 2.32. The molecule has 28 heavy (non-hydrogen) atoms. The van der Waals surface area contributed by atoms with Crippen molar-refractivity contribution < 1.29 is 4.39 Å². The molecule has 1 saturated heterocycles. The topological polar surface area (TPSA) is 36.4 Å². The molecule has 0 aliphatic carbocycles. The molecule has 4 heteroatoms. The number of guanidine groups is 1. The van der Waals surface area contributed by atoms with E-state index in [1.807, 2.05) is 31.2 Å². The number of hydrogen-bond donors (Lipinski definition) is 2. The molecule has 0 spiro atoms. The summed E-state index contributed by atoms with van der Waals surface area (Å²) < 4.78 is 13.1. The van der Waals surface area contributed by atoms with Gasteiger partial charge in [-0.1, -0.05) is 73.3 Å². The van der Waals surface area contributed by atoms with Crippen molar-refractivity contribution in [2.45, 2.75) is 32.0 Å². The minimum Gasteiger partial charge on any atom is -0.347 e. The summed E-state index contributed by atoms with van der Waals surface area (Å²) in [5, 5.41) is 7.10. The van der Waals surface area contributed by atoms with Gasteiger partial charge in [0.05, 0.1) is 18.1 Å². The Morgan fingerprint density at radius 3 is 2.54 bits per heavy atom. The number of benzene rings is 2. The molecule has 0 amide bonds. The highest BCUT2D eigenvalue weighted by atomic mass is 19.1. The standard InChI is InChI=1S/C24H26FN3/c1-4-6-10-19(5-2)22-24(3,20-11-8-7-9-12-20)28-23(27-22)26-17-18-13-15-21(25)16-14-18/h4-16,22H,1,17H2,2-3H3,(H2,26,27,28)/b10-6-,19-5+/t22-,24+/m1/s1. The predicted molar refractivity (Wildman–Crippen MR) is 114 cm³/mol. The van der Waals surface area contributed by atoms with Crippen molar-refractivity contribution in [1.29, 1.82) is 0 Å². The van der Waals surface area contributed by atoms with Gasteiger partial charge < -0.3 is 10.6 Å². The lowest BCUT2D eigenvalue weighted by molar-refractivity contribution is 0.410. The number of hydrogen-bond acceptors (Lipinski definition) is 1. The van der Waals surface area contributed by atoms with E-state index in [2.05, 4.69) is 48.4 Å². The summed E-state index contributed by atoms with van der Waals surface area (Å²) in [4.78, 5) is 4.69.